The van der Waals surface area contributed by atoms with E-state index >= 15 is 0 Å². The Bertz CT molecular complexity index is 910. The lowest BCUT2D eigenvalue weighted by Gasteiger charge is -2.46. The first-order valence-electron chi connectivity index (χ1n) is 10.8. The van der Waals surface area contributed by atoms with Crippen LogP contribution >= 0.6 is 11.6 Å². The minimum Gasteiger partial charge on any atom is -0.328 e. The van der Waals surface area contributed by atoms with Crippen LogP contribution in [0.5, 0.6) is 0 Å². The van der Waals surface area contributed by atoms with Gasteiger partial charge >= 0.3 is 0 Å². The van der Waals surface area contributed by atoms with Crippen molar-refractivity contribution in [2.24, 2.45) is 5.92 Å². The molecule has 1 aliphatic heterocycles. The molecule has 0 spiro atoms. The van der Waals surface area contributed by atoms with Gasteiger partial charge in [-0.1, -0.05) is 73.3 Å². The first kappa shape index (κ1) is 20.9. The second-order valence-corrected chi connectivity index (χ2v) is 9.19. The third-order valence-corrected chi connectivity index (χ3v) is 6.83. The molecule has 1 saturated carbocycles. The van der Waals surface area contributed by atoms with Gasteiger partial charge in [-0.15, -0.1) is 0 Å². The van der Waals surface area contributed by atoms with Crippen LogP contribution in [0.15, 0.2) is 48.5 Å². The van der Waals surface area contributed by atoms with Gasteiger partial charge in [0.1, 0.15) is 12.6 Å². The normalized spacial score (nSPS) is 25.0. The molecule has 3 atom stereocenters. The van der Waals surface area contributed by atoms with Crippen molar-refractivity contribution >= 4 is 23.4 Å². The zero-order valence-corrected chi connectivity index (χ0v) is 18.4. The largest absolute Gasteiger partial charge is 0.328 e. The average molecular weight is 425 g/mol. The number of aryl methyl sites for hydroxylation is 1. The molecule has 0 aromatic heterocycles. The summed E-state index contributed by atoms with van der Waals surface area (Å²) in [6.45, 7) is 4.84. The van der Waals surface area contributed by atoms with Gasteiger partial charge in [-0.25, -0.2) is 0 Å². The summed E-state index contributed by atoms with van der Waals surface area (Å²) in [6, 6.07) is 15.0. The third kappa shape index (κ3) is 4.24. The molecule has 0 radical (unpaired) electrons. The molecular formula is C25H29ClN2O2. The summed E-state index contributed by atoms with van der Waals surface area (Å²) >= 11 is 6.09. The fourth-order valence-electron chi connectivity index (χ4n) is 4.83. The highest BCUT2D eigenvalue weighted by molar-refractivity contribution is 6.30. The van der Waals surface area contributed by atoms with E-state index in [1.807, 2.05) is 48.2 Å². The summed E-state index contributed by atoms with van der Waals surface area (Å²) in [4.78, 5) is 30.7. The van der Waals surface area contributed by atoms with Gasteiger partial charge in [0.05, 0.1) is 0 Å². The lowest BCUT2D eigenvalue weighted by molar-refractivity contribution is -0.161. The van der Waals surface area contributed by atoms with Crippen molar-refractivity contribution in [1.82, 2.24) is 9.80 Å². The molecule has 2 fully saturated rings. The van der Waals surface area contributed by atoms with Crippen molar-refractivity contribution in [3.05, 3.63) is 70.2 Å². The van der Waals surface area contributed by atoms with E-state index in [0.29, 0.717) is 17.5 Å². The smallest absolute Gasteiger partial charge is 0.250 e. The predicted molar refractivity (Wildman–Crippen MR) is 119 cm³/mol. The standard InChI is InChI=1S/C25H29ClN2O2/c1-17-7-9-19(10-8-17)15-28-23(29)16-27(22-6-4-3-5-18(22)2)25(30)24(28)20-11-13-21(26)14-12-20/h7-14,18,22,24H,3-6,15-16H2,1-2H3/t18-,22+,24+/m0/s1. The number of hydrogen-bond donors (Lipinski definition) is 0. The third-order valence-electron chi connectivity index (χ3n) is 6.58. The van der Waals surface area contributed by atoms with Crippen molar-refractivity contribution in [1.29, 1.82) is 0 Å². The van der Waals surface area contributed by atoms with Crippen molar-refractivity contribution in [3.63, 3.8) is 0 Å². The average Bonchev–Trinajstić information content (AvgIpc) is 2.74. The Kier molecular flexibility index (Phi) is 6.14. The van der Waals surface area contributed by atoms with Crippen molar-refractivity contribution in [2.45, 2.75) is 58.2 Å². The zero-order chi connectivity index (χ0) is 21.3. The molecular weight excluding hydrogens is 396 g/mol. The van der Waals surface area contributed by atoms with E-state index in [1.54, 1.807) is 17.0 Å². The van der Waals surface area contributed by atoms with Gasteiger partial charge in [0.15, 0.2) is 0 Å². The van der Waals surface area contributed by atoms with Crippen LogP contribution in [0.1, 0.15) is 55.3 Å². The van der Waals surface area contributed by atoms with E-state index in [1.165, 1.54) is 12.0 Å². The number of carbonyl (C=O) groups is 2. The van der Waals surface area contributed by atoms with E-state index in [2.05, 4.69) is 6.92 Å². The second-order valence-electron chi connectivity index (χ2n) is 8.76. The van der Waals surface area contributed by atoms with E-state index in [-0.39, 0.29) is 24.4 Å². The van der Waals surface area contributed by atoms with Crippen LogP contribution in [0.3, 0.4) is 0 Å². The van der Waals surface area contributed by atoms with Gasteiger partial charge in [0, 0.05) is 17.6 Å². The molecule has 2 amide bonds. The second kappa shape index (κ2) is 8.81. The molecule has 4 rings (SSSR count). The van der Waals surface area contributed by atoms with Crippen LogP contribution in [-0.2, 0) is 16.1 Å². The number of carbonyl (C=O) groups excluding carboxylic acids is 2. The van der Waals surface area contributed by atoms with Crippen molar-refractivity contribution in [3.8, 4) is 0 Å². The Hall–Kier alpha value is -2.33. The summed E-state index contributed by atoms with van der Waals surface area (Å²) in [5.74, 6) is 0.459. The maximum atomic E-state index is 13.8. The number of rotatable bonds is 4. The van der Waals surface area contributed by atoms with E-state index in [9.17, 15) is 9.59 Å². The molecule has 2 aromatic rings. The van der Waals surface area contributed by atoms with E-state index in [4.69, 9.17) is 11.6 Å². The summed E-state index contributed by atoms with van der Waals surface area (Å²) in [6.07, 6.45) is 4.41. The number of piperazine rings is 1. The molecule has 4 nitrogen and oxygen atoms in total. The summed E-state index contributed by atoms with van der Waals surface area (Å²) in [5, 5.41) is 0.621. The van der Waals surface area contributed by atoms with Crippen LogP contribution in [-0.4, -0.2) is 34.2 Å². The van der Waals surface area contributed by atoms with Gasteiger partial charge in [-0.3, -0.25) is 9.59 Å². The van der Waals surface area contributed by atoms with Crippen LogP contribution in [0.25, 0.3) is 0 Å². The van der Waals surface area contributed by atoms with Crippen LogP contribution in [0.2, 0.25) is 5.02 Å². The minimum absolute atomic E-state index is 0.00731. The quantitative estimate of drug-likeness (QED) is 0.681. The topological polar surface area (TPSA) is 40.6 Å². The Balaban J connectivity index is 1.68. The SMILES string of the molecule is Cc1ccc(CN2C(=O)CN([C@@H]3CCCC[C@@H]3C)C(=O)[C@H]2c2ccc(Cl)cc2)cc1. The fraction of sp³-hybridized carbons (Fsp3) is 0.440. The van der Waals surface area contributed by atoms with Gasteiger partial charge in [0.25, 0.3) is 5.91 Å². The number of amides is 2. The number of benzene rings is 2. The fourth-order valence-corrected chi connectivity index (χ4v) is 4.95. The van der Waals surface area contributed by atoms with Gasteiger partial charge in [-0.05, 0) is 48.9 Å². The van der Waals surface area contributed by atoms with Gasteiger partial charge in [0.2, 0.25) is 5.91 Å². The maximum absolute atomic E-state index is 13.8. The number of nitrogens with zero attached hydrogens (tertiary/aromatic N) is 2. The Labute approximate surface area is 183 Å². The van der Waals surface area contributed by atoms with Crippen molar-refractivity contribution < 1.29 is 9.59 Å². The maximum Gasteiger partial charge on any atom is 0.250 e. The highest BCUT2D eigenvalue weighted by Crippen LogP contribution is 2.35. The minimum atomic E-state index is -0.612. The lowest BCUT2D eigenvalue weighted by atomic mass is 9.83. The summed E-state index contributed by atoms with van der Waals surface area (Å²) < 4.78 is 0. The van der Waals surface area contributed by atoms with Crippen LogP contribution < -0.4 is 0 Å². The molecule has 5 heteroatoms. The zero-order valence-electron chi connectivity index (χ0n) is 17.7. The van der Waals surface area contributed by atoms with Crippen LogP contribution in [0.4, 0.5) is 0 Å². The molecule has 30 heavy (non-hydrogen) atoms. The number of hydrogen-bond acceptors (Lipinski definition) is 2. The van der Waals surface area contributed by atoms with Crippen molar-refractivity contribution in [2.75, 3.05) is 6.54 Å². The molecule has 1 saturated heterocycles. The Morgan fingerprint density at radius 3 is 2.30 bits per heavy atom. The highest BCUT2D eigenvalue weighted by Gasteiger charge is 2.44. The molecule has 1 heterocycles. The Morgan fingerprint density at radius 1 is 0.967 bits per heavy atom. The molecule has 2 aromatic carbocycles. The summed E-state index contributed by atoms with van der Waals surface area (Å²) in [5.41, 5.74) is 3.02. The number of halogens is 1. The highest BCUT2D eigenvalue weighted by atomic mass is 35.5. The van der Waals surface area contributed by atoms with E-state index < -0.39 is 6.04 Å². The summed E-state index contributed by atoms with van der Waals surface area (Å²) in [7, 11) is 0. The molecule has 0 bridgehead atoms. The van der Waals surface area contributed by atoms with Crippen LogP contribution in [0, 0.1) is 12.8 Å². The molecule has 158 valence electrons. The van der Waals surface area contributed by atoms with Gasteiger partial charge in [-0.2, -0.15) is 0 Å². The molecule has 0 unspecified atom stereocenters. The first-order chi connectivity index (χ1) is 14.4. The molecule has 2 aliphatic rings. The van der Waals surface area contributed by atoms with Gasteiger partial charge < -0.3 is 9.80 Å². The Morgan fingerprint density at radius 2 is 1.63 bits per heavy atom. The molecule has 1 aliphatic carbocycles. The predicted octanol–water partition coefficient (Wildman–Crippen LogP) is 5.14. The lowest BCUT2D eigenvalue weighted by Crippen LogP contribution is -2.59. The monoisotopic (exact) mass is 424 g/mol. The molecule has 0 N–H and O–H groups in total. The van der Waals surface area contributed by atoms with E-state index in [0.717, 1.165) is 30.4 Å². The first-order valence-corrected chi connectivity index (χ1v) is 11.2.